The molecule has 0 aliphatic carbocycles. The first-order chi connectivity index (χ1) is 11.8. The Balaban J connectivity index is 1.58. The fraction of sp³-hybridized carbons (Fsp3) is 0.312. The largest absolute Gasteiger partial charge is 0.494 e. The molecule has 0 bridgehead atoms. The lowest BCUT2D eigenvalue weighted by molar-refractivity contribution is 0.102. The number of aromatic amines is 1. The topological polar surface area (TPSA) is 93.5 Å². The molecule has 1 saturated heterocycles. The maximum atomic E-state index is 12.6. The smallest absolute Gasteiger partial charge is 0.260 e. The van der Waals surface area contributed by atoms with Gasteiger partial charge in [-0.15, -0.1) is 0 Å². The Morgan fingerprint density at radius 1 is 1.54 bits per heavy atom. The normalized spacial score (nSPS) is 17.3. The van der Waals surface area contributed by atoms with Gasteiger partial charge in [-0.1, -0.05) is 0 Å². The molecule has 4 rings (SSSR count). The van der Waals surface area contributed by atoms with Gasteiger partial charge in [0.25, 0.3) is 5.91 Å². The number of H-pyrrole nitrogens is 1. The zero-order valence-electron chi connectivity index (χ0n) is 13.2. The van der Waals surface area contributed by atoms with E-state index < -0.39 is 0 Å². The van der Waals surface area contributed by atoms with Gasteiger partial charge in [-0.2, -0.15) is 10.2 Å². The maximum Gasteiger partial charge on any atom is 0.260 e. The Bertz CT molecular complexity index is 879. The number of nitrogens with zero attached hydrogens (tertiary/aromatic N) is 3. The predicted octanol–water partition coefficient (Wildman–Crippen LogP) is 2.17. The van der Waals surface area contributed by atoms with Crippen molar-refractivity contribution in [3.05, 3.63) is 41.9 Å². The van der Waals surface area contributed by atoms with Crippen LogP contribution >= 0.6 is 0 Å². The number of carbonyl (C=O) groups is 1. The number of hydrogen-bond acceptors (Lipinski definition) is 5. The number of nitrogens with one attached hydrogen (secondary N) is 2. The lowest BCUT2D eigenvalue weighted by atomic mass is 10.2. The van der Waals surface area contributed by atoms with Crippen molar-refractivity contribution in [1.29, 1.82) is 0 Å². The van der Waals surface area contributed by atoms with Crippen LogP contribution in [0.1, 0.15) is 35.0 Å². The van der Waals surface area contributed by atoms with Crippen LogP contribution in [0.4, 0.5) is 5.82 Å². The van der Waals surface area contributed by atoms with Crippen molar-refractivity contribution in [3.63, 3.8) is 0 Å². The van der Waals surface area contributed by atoms with Crippen LogP contribution in [0.2, 0.25) is 0 Å². The number of ether oxygens (including phenoxy) is 2. The van der Waals surface area contributed by atoms with Gasteiger partial charge in [0.05, 0.1) is 30.7 Å². The monoisotopic (exact) mass is 327 g/mol. The number of carbonyl (C=O) groups excluding carboxylic acids is 1. The van der Waals surface area contributed by atoms with Gasteiger partial charge in [0.1, 0.15) is 11.3 Å². The SMILES string of the molecule is COc1cccn2ncc(C(=O)Nc3cc(C4CCCO4)[nH]n3)c12. The molecule has 2 N–H and O–H groups in total. The zero-order valence-corrected chi connectivity index (χ0v) is 13.2. The molecular weight excluding hydrogens is 310 g/mol. The molecule has 0 spiro atoms. The van der Waals surface area contributed by atoms with E-state index >= 15 is 0 Å². The van der Waals surface area contributed by atoms with Crippen molar-refractivity contribution < 1.29 is 14.3 Å². The fourth-order valence-corrected chi connectivity index (χ4v) is 2.91. The van der Waals surface area contributed by atoms with Gasteiger partial charge >= 0.3 is 0 Å². The number of anilines is 1. The highest BCUT2D eigenvalue weighted by Gasteiger charge is 2.21. The van der Waals surface area contributed by atoms with Crippen molar-refractivity contribution in [2.45, 2.75) is 18.9 Å². The van der Waals surface area contributed by atoms with Crippen molar-refractivity contribution in [2.75, 3.05) is 19.0 Å². The molecule has 0 aromatic carbocycles. The first-order valence-electron chi connectivity index (χ1n) is 7.75. The first kappa shape index (κ1) is 14.7. The van der Waals surface area contributed by atoms with E-state index in [1.54, 1.807) is 30.0 Å². The number of amides is 1. The summed E-state index contributed by atoms with van der Waals surface area (Å²) in [6, 6.07) is 5.40. The molecule has 1 fully saturated rings. The van der Waals surface area contributed by atoms with Gasteiger partial charge in [-0.05, 0) is 25.0 Å². The van der Waals surface area contributed by atoms with E-state index in [0.717, 1.165) is 25.1 Å². The molecular formula is C16H17N5O3. The minimum Gasteiger partial charge on any atom is -0.494 e. The molecule has 1 amide bonds. The number of pyridine rings is 1. The summed E-state index contributed by atoms with van der Waals surface area (Å²) < 4.78 is 12.5. The van der Waals surface area contributed by atoms with E-state index in [0.29, 0.717) is 22.6 Å². The third-order valence-electron chi connectivity index (χ3n) is 4.08. The van der Waals surface area contributed by atoms with Gasteiger partial charge < -0.3 is 14.8 Å². The third-order valence-corrected chi connectivity index (χ3v) is 4.08. The number of rotatable bonds is 4. The van der Waals surface area contributed by atoms with Crippen molar-refractivity contribution in [2.24, 2.45) is 0 Å². The Morgan fingerprint density at radius 2 is 2.46 bits per heavy atom. The highest BCUT2D eigenvalue weighted by atomic mass is 16.5. The number of fused-ring (bicyclic) bond motifs is 1. The molecule has 3 aromatic heterocycles. The molecule has 124 valence electrons. The van der Waals surface area contributed by atoms with Crippen LogP contribution in [0.25, 0.3) is 5.52 Å². The summed E-state index contributed by atoms with van der Waals surface area (Å²) in [6.45, 7) is 0.758. The predicted molar refractivity (Wildman–Crippen MR) is 86.2 cm³/mol. The Hall–Kier alpha value is -2.87. The second-order valence-electron chi connectivity index (χ2n) is 5.59. The van der Waals surface area contributed by atoms with Crippen LogP contribution in [0.3, 0.4) is 0 Å². The van der Waals surface area contributed by atoms with Gasteiger partial charge in [0, 0.05) is 18.9 Å². The van der Waals surface area contributed by atoms with Gasteiger partial charge in [-0.3, -0.25) is 9.89 Å². The Kier molecular flexibility index (Phi) is 3.66. The summed E-state index contributed by atoms with van der Waals surface area (Å²) >= 11 is 0. The average molecular weight is 327 g/mol. The van der Waals surface area contributed by atoms with E-state index in [-0.39, 0.29) is 12.0 Å². The summed E-state index contributed by atoms with van der Waals surface area (Å²) in [4.78, 5) is 12.6. The lowest BCUT2D eigenvalue weighted by Crippen LogP contribution is -2.12. The highest BCUT2D eigenvalue weighted by Crippen LogP contribution is 2.28. The van der Waals surface area contributed by atoms with Crippen molar-refractivity contribution in [1.82, 2.24) is 19.8 Å². The van der Waals surface area contributed by atoms with Gasteiger partial charge in [-0.25, -0.2) is 4.52 Å². The average Bonchev–Trinajstić information content (AvgIpc) is 3.33. The molecule has 1 aliphatic rings. The summed E-state index contributed by atoms with van der Waals surface area (Å²) in [5.41, 5.74) is 1.92. The zero-order chi connectivity index (χ0) is 16.5. The van der Waals surface area contributed by atoms with Crippen LogP contribution < -0.4 is 10.1 Å². The summed E-state index contributed by atoms with van der Waals surface area (Å²) in [5, 5.41) is 14.0. The van der Waals surface area contributed by atoms with Crippen molar-refractivity contribution in [3.8, 4) is 5.75 Å². The molecule has 4 heterocycles. The van der Waals surface area contributed by atoms with Crippen LogP contribution in [-0.2, 0) is 4.74 Å². The van der Waals surface area contributed by atoms with Crippen molar-refractivity contribution >= 4 is 17.2 Å². The van der Waals surface area contributed by atoms with Crippen LogP contribution in [0.15, 0.2) is 30.6 Å². The van der Waals surface area contributed by atoms with Crippen LogP contribution in [-0.4, -0.2) is 39.4 Å². The molecule has 24 heavy (non-hydrogen) atoms. The molecule has 3 aromatic rings. The Labute approximate surface area is 137 Å². The molecule has 0 saturated carbocycles. The molecule has 8 nitrogen and oxygen atoms in total. The molecule has 0 radical (unpaired) electrons. The van der Waals surface area contributed by atoms with E-state index in [1.807, 2.05) is 6.07 Å². The number of aromatic nitrogens is 4. The number of hydrogen-bond donors (Lipinski definition) is 2. The summed E-state index contributed by atoms with van der Waals surface area (Å²) in [5.74, 6) is 0.752. The summed E-state index contributed by atoms with van der Waals surface area (Å²) in [7, 11) is 1.56. The minimum atomic E-state index is -0.292. The second kappa shape index (κ2) is 5.97. The molecule has 8 heteroatoms. The highest BCUT2D eigenvalue weighted by molar-refractivity contribution is 6.09. The number of methoxy groups -OCH3 is 1. The van der Waals surface area contributed by atoms with E-state index in [9.17, 15) is 4.79 Å². The fourth-order valence-electron chi connectivity index (χ4n) is 2.91. The first-order valence-corrected chi connectivity index (χ1v) is 7.75. The molecule has 1 aliphatic heterocycles. The molecule has 1 unspecified atom stereocenters. The molecule has 1 atom stereocenters. The van der Waals surface area contributed by atoms with Gasteiger partial charge in [0.15, 0.2) is 5.82 Å². The second-order valence-corrected chi connectivity index (χ2v) is 5.59. The van der Waals surface area contributed by atoms with Crippen LogP contribution in [0.5, 0.6) is 5.75 Å². The maximum absolute atomic E-state index is 12.6. The van der Waals surface area contributed by atoms with Gasteiger partial charge in [0.2, 0.25) is 0 Å². The standard InChI is InChI=1S/C16H17N5O3/c1-23-13-4-2-6-21-15(13)10(9-17-21)16(22)18-14-8-11(19-20-14)12-5-3-7-24-12/h2,4,6,8-9,12H,3,5,7H2,1H3,(H2,18,19,20,22). The van der Waals surface area contributed by atoms with E-state index in [1.165, 1.54) is 6.20 Å². The minimum absolute atomic E-state index is 0.0280. The van der Waals surface area contributed by atoms with E-state index in [4.69, 9.17) is 9.47 Å². The Morgan fingerprint density at radius 3 is 3.25 bits per heavy atom. The van der Waals surface area contributed by atoms with Crippen LogP contribution in [0, 0.1) is 0 Å². The van der Waals surface area contributed by atoms with E-state index in [2.05, 4.69) is 20.6 Å². The third kappa shape index (κ3) is 2.50. The summed E-state index contributed by atoms with van der Waals surface area (Å²) in [6.07, 6.45) is 5.30. The lowest BCUT2D eigenvalue weighted by Gasteiger charge is -2.05. The quantitative estimate of drug-likeness (QED) is 0.766.